The minimum absolute atomic E-state index is 0.101. The first kappa shape index (κ1) is 13.0. The Bertz CT molecular complexity index is 429. The van der Waals surface area contributed by atoms with Gasteiger partial charge in [-0.05, 0) is 24.2 Å². The molecule has 1 unspecified atom stereocenters. The van der Waals surface area contributed by atoms with E-state index in [0.717, 1.165) is 18.6 Å². The average Bonchev–Trinajstić information content (AvgIpc) is 2.90. The first-order chi connectivity index (χ1) is 8.68. The van der Waals surface area contributed by atoms with E-state index >= 15 is 0 Å². The summed E-state index contributed by atoms with van der Waals surface area (Å²) in [5.41, 5.74) is 0.598. The third kappa shape index (κ3) is 3.04. The van der Waals surface area contributed by atoms with Gasteiger partial charge in [-0.2, -0.15) is 0 Å². The van der Waals surface area contributed by atoms with Crippen LogP contribution in [0.15, 0.2) is 30.3 Å². The first-order valence-electron chi connectivity index (χ1n) is 5.88. The Morgan fingerprint density at radius 3 is 2.61 bits per heavy atom. The van der Waals surface area contributed by atoms with Crippen molar-refractivity contribution >= 4 is 23.6 Å². The maximum Gasteiger partial charge on any atom is 0.330 e. The summed E-state index contributed by atoms with van der Waals surface area (Å²) in [5, 5.41) is 11.7. The van der Waals surface area contributed by atoms with E-state index in [-0.39, 0.29) is 11.2 Å². The molecule has 2 rings (SSSR count). The van der Waals surface area contributed by atoms with Crippen LogP contribution in [-0.2, 0) is 9.59 Å². The summed E-state index contributed by atoms with van der Waals surface area (Å²) in [5.74, 6) is -0.229. The van der Waals surface area contributed by atoms with Crippen LogP contribution in [0.1, 0.15) is 24.4 Å². The monoisotopic (exact) mass is 265 g/mol. The zero-order valence-electron chi connectivity index (χ0n) is 9.83. The molecule has 0 spiro atoms. The number of amides is 1. The molecule has 2 atom stereocenters. The lowest BCUT2D eigenvalue weighted by Crippen LogP contribution is -2.38. The van der Waals surface area contributed by atoms with Gasteiger partial charge in [0.2, 0.25) is 5.91 Å². The Kier molecular flexibility index (Phi) is 4.25. The molecule has 0 bridgehead atoms. The van der Waals surface area contributed by atoms with Crippen molar-refractivity contribution < 1.29 is 14.7 Å². The number of rotatable bonds is 4. The summed E-state index contributed by atoms with van der Waals surface area (Å²) >= 11 is 1.59. The Balaban J connectivity index is 2.07. The topological polar surface area (TPSA) is 66.4 Å². The molecule has 18 heavy (non-hydrogen) atoms. The quantitative estimate of drug-likeness (QED) is 0.871. The van der Waals surface area contributed by atoms with Crippen molar-refractivity contribution in [2.24, 2.45) is 0 Å². The van der Waals surface area contributed by atoms with Crippen LogP contribution in [0.3, 0.4) is 0 Å². The van der Waals surface area contributed by atoms with Crippen molar-refractivity contribution in [3.63, 3.8) is 0 Å². The van der Waals surface area contributed by atoms with Crippen LogP contribution in [0.4, 0.5) is 0 Å². The molecule has 1 aliphatic rings. The molecule has 1 saturated heterocycles. The third-order valence-corrected chi connectivity index (χ3v) is 4.27. The second-order valence-electron chi connectivity index (χ2n) is 4.19. The molecule has 1 aromatic rings. The summed E-state index contributed by atoms with van der Waals surface area (Å²) in [4.78, 5) is 23.2. The summed E-state index contributed by atoms with van der Waals surface area (Å²) < 4.78 is 0. The lowest BCUT2D eigenvalue weighted by atomic mass is 10.1. The van der Waals surface area contributed by atoms with Gasteiger partial charge in [0.25, 0.3) is 0 Å². The van der Waals surface area contributed by atoms with Crippen LogP contribution in [0, 0.1) is 0 Å². The molecule has 5 heteroatoms. The molecule has 0 saturated carbocycles. The summed E-state index contributed by atoms with van der Waals surface area (Å²) in [6, 6.07) is 7.81. The number of aliphatic carboxylic acids is 1. The highest BCUT2D eigenvalue weighted by Gasteiger charge is 2.28. The number of carboxylic acid groups (broad SMARTS) is 1. The summed E-state index contributed by atoms with van der Waals surface area (Å²) in [6.45, 7) is 0. The highest BCUT2D eigenvalue weighted by Crippen LogP contribution is 2.27. The van der Waals surface area contributed by atoms with E-state index in [0.29, 0.717) is 5.56 Å². The van der Waals surface area contributed by atoms with Gasteiger partial charge < -0.3 is 10.4 Å². The molecule has 0 aromatic heterocycles. The van der Waals surface area contributed by atoms with E-state index in [9.17, 15) is 14.7 Å². The van der Waals surface area contributed by atoms with Crippen LogP contribution < -0.4 is 5.32 Å². The van der Waals surface area contributed by atoms with Gasteiger partial charge in [-0.1, -0.05) is 30.3 Å². The fourth-order valence-corrected chi connectivity index (χ4v) is 3.12. The van der Waals surface area contributed by atoms with Crippen molar-refractivity contribution in [1.29, 1.82) is 0 Å². The molecule has 1 aliphatic heterocycles. The van der Waals surface area contributed by atoms with E-state index in [1.807, 2.05) is 6.07 Å². The lowest BCUT2D eigenvalue weighted by Gasteiger charge is -2.17. The second kappa shape index (κ2) is 5.91. The van der Waals surface area contributed by atoms with Crippen LogP contribution in [0.2, 0.25) is 0 Å². The number of carbonyl (C=O) groups is 2. The molecule has 1 aromatic carbocycles. The predicted octanol–water partition coefficient (Wildman–Crippen LogP) is 1.82. The van der Waals surface area contributed by atoms with E-state index < -0.39 is 12.0 Å². The Hall–Kier alpha value is -1.49. The Labute approximate surface area is 110 Å². The van der Waals surface area contributed by atoms with Gasteiger partial charge in [0.15, 0.2) is 6.04 Å². The smallest absolute Gasteiger partial charge is 0.330 e. The molecule has 96 valence electrons. The van der Waals surface area contributed by atoms with Crippen molar-refractivity contribution in [2.75, 3.05) is 5.75 Å². The molecule has 1 fully saturated rings. The number of carboxylic acids is 1. The minimum atomic E-state index is -1.03. The number of carbonyl (C=O) groups excluding carboxylic acids is 1. The van der Waals surface area contributed by atoms with E-state index in [1.165, 1.54) is 0 Å². The zero-order valence-corrected chi connectivity index (χ0v) is 10.7. The van der Waals surface area contributed by atoms with Crippen LogP contribution in [-0.4, -0.2) is 28.0 Å². The number of hydrogen-bond donors (Lipinski definition) is 2. The zero-order chi connectivity index (χ0) is 13.0. The molecular formula is C13H15NO3S. The van der Waals surface area contributed by atoms with E-state index in [4.69, 9.17) is 0 Å². The standard InChI is InChI=1S/C13H15NO3S/c15-12(10-7-4-8-18-10)14-11(13(16)17)9-5-2-1-3-6-9/h1-3,5-6,10-11H,4,7-8H2,(H,14,15)(H,16,17)/t10?,11-/m1/s1. The van der Waals surface area contributed by atoms with Gasteiger partial charge in [0, 0.05) is 0 Å². The van der Waals surface area contributed by atoms with Crippen molar-refractivity contribution in [1.82, 2.24) is 5.32 Å². The maximum absolute atomic E-state index is 11.9. The van der Waals surface area contributed by atoms with E-state index in [1.54, 1.807) is 36.0 Å². The number of hydrogen-bond acceptors (Lipinski definition) is 3. The Morgan fingerprint density at radius 1 is 1.33 bits per heavy atom. The highest BCUT2D eigenvalue weighted by molar-refractivity contribution is 8.00. The predicted molar refractivity (Wildman–Crippen MR) is 70.4 cm³/mol. The van der Waals surface area contributed by atoms with Gasteiger partial charge in [-0.25, -0.2) is 4.79 Å². The third-order valence-electron chi connectivity index (χ3n) is 2.89. The molecule has 1 amide bonds. The summed E-state index contributed by atoms with van der Waals surface area (Å²) in [7, 11) is 0. The fourth-order valence-electron chi connectivity index (χ4n) is 1.95. The van der Waals surface area contributed by atoms with Crippen LogP contribution >= 0.6 is 11.8 Å². The molecule has 0 aliphatic carbocycles. The SMILES string of the molecule is O=C(N[C@@H](C(=O)O)c1ccccc1)C1CCCS1. The molecular weight excluding hydrogens is 250 g/mol. The van der Waals surface area contributed by atoms with Gasteiger partial charge in [-0.15, -0.1) is 11.8 Å². The number of nitrogens with one attached hydrogen (secondary N) is 1. The molecule has 2 N–H and O–H groups in total. The first-order valence-corrected chi connectivity index (χ1v) is 6.93. The maximum atomic E-state index is 11.9. The normalized spacial score (nSPS) is 20.3. The van der Waals surface area contributed by atoms with Crippen molar-refractivity contribution in [3.05, 3.63) is 35.9 Å². The number of benzene rings is 1. The van der Waals surface area contributed by atoms with Gasteiger partial charge >= 0.3 is 5.97 Å². The van der Waals surface area contributed by atoms with Crippen LogP contribution in [0.25, 0.3) is 0 Å². The Morgan fingerprint density at radius 2 is 2.06 bits per heavy atom. The van der Waals surface area contributed by atoms with Gasteiger partial charge in [0.05, 0.1) is 5.25 Å². The second-order valence-corrected chi connectivity index (χ2v) is 5.50. The largest absolute Gasteiger partial charge is 0.479 e. The molecule has 4 nitrogen and oxygen atoms in total. The van der Waals surface area contributed by atoms with E-state index in [2.05, 4.69) is 5.32 Å². The average molecular weight is 265 g/mol. The highest BCUT2D eigenvalue weighted by atomic mass is 32.2. The van der Waals surface area contributed by atoms with Crippen molar-refractivity contribution in [3.8, 4) is 0 Å². The fraction of sp³-hybridized carbons (Fsp3) is 0.385. The van der Waals surface area contributed by atoms with Crippen molar-refractivity contribution in [2.45, 2.75) is 24.1 Å². The van der Waals surface area contributed by atoms with Gasteiger partial charge in [0.1, 0.15) is 0 Å². The molecule has 0 radical (unpaired) electrons. The summed E-state index contributed by atoms with van der Waals surface area (Å²) in [6.07, 6.45) is 1.85. The molecule has 1 heterocycles. The lowest BCUT2D eigenvalue weighted by molar-refractivity contribution is -0.142. The number of thioether (sulfide) groups is 1. The van der Waals surface area contributed by atoms with Crippen LogP contribution in [0.5, 0.6) is 0 Å². The van der Waals surface area contributed by atoms with Gasteiger partial charge in [-0.3, -0.25) is 4.79 Å². The minimum Gasteiger partial charge on any atom is -0.479 e.